The molecule has 0 N–H and O–H groups in total. The molecule has 0 aromatic heterocycles. The van der Waals surface area contributed by atoms with Crippen LogP contribution in [0.3, 0.4) is 0 Å². The average Bonchev–Trinajstić information content (AvgIpc) is 2.69. The molecule has 0 saturated carbocycles. The van der Waals surface area contributed by atoms with Crippen molar-refractivity contribution in [1.82, 2.24) is 0 Å². The summed E-state index contributed by atoms with van der Waals surface area (Å²) in [6.07, 6.45) is 0. The second-order valence-electron chi connectivity index (χ2n) is 6.39. The Morgan fingerprint density at radius 2 is 1.48 bits per heavy atom. The minimum Gasteiger partial charge on any atom is -0.276 e. The van der Waals surface area contributed by atoms with Gasteiger partial charge in [-0.2, -0.15) is 0 Å². The summed E-state index contributed by atoms with van der Waals surface area (Å²) in [7, 11) is 0. The minimum atomic E-state index is -0.146. The summed E-state index contributed by atoms with van der Waals surface area (Å²) >= 11 is 0. The smallest absolute Gasteiger partial charge is 0.257 e. The van der Waals surface area contributed by atoms with Crippen LogP contribution in [-0.2, 0) is 4.79 Å². The Balaban J connectivity index is 2.10. The predicted octanol–water partition coefficient (Wildman–Crippen LogP) is 5.64. The first-order chi connectivity index (χ1) is 13.1. The quantitative estimate of drug-likeness (QED) is 0.442. The van der Waals surface area contributed by atoms with Gasteiger partial charge in [0.25, 0.3) is 5.91 Å². The van der Waals surface area contributed by atoms with E-state index in [1.807, 2.05) is 85.8 Å². The van der Waals surface area contributed by atoms with Crippen molar-refractivity contribution in [2.75, 3.05) is 4.90 Å². The third kappa shape index (κ3) is 4.34. The molecule has 3 aromatic carbocycles. The van der Waals surface area contributed by atoms with Crippen LogP contribution in [0.4, 0.5) is 11.4 Å². The van der Waals surface area contributed by atoms with Gasteiger partial charge in [0.05, 0.1) is 5.69 Å². The summed E-state index contributed by atoms with van der Waals surface area (Å²) in [5.74, 6) is 6.24. The molecule has 0 saturated heterocycles. The van der Waals surface area contributed by atoms with E-state index < -0.39 is 0 Å². The maximum atomic E-state index is 12.9. The highest BCUT2D eigenvalue weighted by molar-refractivity contribution is 6.10. The average molecular weight is 351 g/mol. The van der Waals surface area contributed by atoms with Crippen LogP contribution in [0.25, 0.3) is 0 Å². The fourth-order valence-electron chi connectivity index (χ4n) is 2.69. The summed E-state index contributed by atoms with van der Waals surface area (Å²) < 4.78 is 0. The lowest BCUT2D eigenvalue weighted by Crippen LogP contribution is -2.27. The molecule has 0 spiro atoms. The lowest BCUT2D eigenvalue weighted by Gasteiger charge is -2.24. The van der Waals surface area contributed by atoms with Crippen LogP contribution in [0, 0.1) is 18.8 Å². The molecular formula is C25H21NO. The zero-order valence-corrected chi connectivity index (χ0v) is 15.6. The standard InChI is InChI=1S/C25H21NO/c1-19(2)25(27)26(23-17-13-20(3)14-18-23)24-12-8-7-11-22(24)16-15-21-9-5-4-6-10-21/h4-14,17-18H,1H2,2-3H3. The van der Waals surface area contributed by atoms with Crippen LogP contribution in [0.2, 0.25) is 0 Å². The van der Waals surface area contributed by atoms with E-state index in [-0.39, 0.29) is 5.91 Å². The van der Waals surface area contributed by atoms with Gasteiger partial charge in [-0.15, -0.1) is 0 Å². The Morgan fingerprint density at radius 3 is 2.15 bits per heavy atom. The van der Waals surface area contributed by atoms with E-state index >= 15 is 0 Å². The number of anilines is 2. The molecule has 0 radical (unpaired) electrons. The lowest BCUT2D eigenvalue weighted by molar-refractivity contribution is -0.114. The third-order valence-corrected chi connectivity index (χ3v) is 4.12. The van der Waals surface area contributed by atoms with E-state index in [4.69, 9.17) is 0 Å². The highest BCUT2D eigenvalue weighted by Crippen LogP contribution is 2.30. The zero-order chi connectivity index (χ0) is 19.2. The first kappa shape index (κ1) is 18.2. The monoisotopic (exact) mass is 351 g/mol. The first-order valence-corrected chi connectivity index (χ1v) is 8.79. The summed E-state index contributed by atoms with van der Waals surface area (Å²) in [6.45, 7) is 7.59. The zero-order valence-electron chi connectivity index (χ0n) is 15.6. The molecule has 1 amide bonds. The molecule has 132 valence electrons. The number of benzene rings is 3. The van der Waals surface area contributed by atoms with Gasteiger partial charge < -0.3 is 0 Å². The summed E-state index contributed by atoms with van der Waals surface area (Å²) in [4.78, 5) is 14.6. The predicted molar refractivity (Wildman–Crippen MR) is 112 cm³/mol. The largest absolute Gasteiger partial charge is 0.276 e. The van der Waals surface area contributed by atoms with Crippen molar-refractivity contribution in [3.05, 3.63) is 108 Å². The van der Waals surface area contributed by atoms with Crippen LogP contribution in [0.5, 0.6) is 0 Å². The Bertz CT molecular complexity index is 1020. The van der Waals surface area contributed by atoms with Crippen molar-refractivity contribution in [1.29, 1.82) is 0 Å². The van der Waals surface area contributed by atoms with Crippen LogP contribution in [0.15, 0.2) is 91.0 Å². The summed E-state index contributed by atoms with van der Waals surface area (Å²) in [5.41, 5.74) is 4.87. The number of carbonyl (C=O) groups is 1. The maximum absolute atomic E-state index is 12.9. The second kappa shape index (κ2) is 8.21. The molecule has 2 heteroatoms. The molecule has 2 nitrogen and oxygen atoms in total. The Morgan fingerprint density at radius 1 is 0.852 bits per heavy atom. The molecule has 0 atom stereocenters. The molecule has 27 heavy (non-hydrogen) atoms. The van der Waals surface area contributed by atoms with Crippen molar-refractivity contribution in [3.63, 3.8) is 0 Å². The van der Waals surface area contributed by atoms with Gasteiger partial charge in [-0.1, -0.05) is 66.4 Å². The van der Waals surface area contributed by atoms with Gasteiger partial charge >= 0.3 is 0 Å². The van der Waals surface area contributed by atoms with Crippen molar-refractivity contribution in [2.24, 2.45) is 0 Å². The van der Waals surface area contributed by atoms with Gasteiger partial charge in [0.15, 0.2) is 0 Å². The fraction of sp³-hybridized carbons (Fsp3) is 0.0800. The number of aryl methyl sites for hydroxylation is 1. The molecule has 3 rings (SSSR count). The van der Waals surface area contributed by atoms with Gasteiger partial charge in [0.1, 0.15) is 0 Å². The van der Waals surface area contributed by atoms with Gasteiger partial charge in [-0.05, 0) is 50.2 Å². The Hall–Kier alpha value is -3.57. The first-order valence-electron chi connectivity index (χ1n) is 8.79. The highest BCUT2D eigenvalue weighted by Gasteiger charge is 2.20. The molecule has 0 aliphatic rings. The van der Waals surface area contributed by atoms with E-state index in [0.717, 1.165) is 28.1 Å². The number of amides is 1. The van der Waals surface area contributed by atoms with Crippen molar-refractivity contribution >= 4 is 17.3 Å². The van der Waals surface area contributed by atoms with Crippen molar-refractivity contribution in [3.8, 4) is 11.8 Å². The van der Waals surface area contributed by atoms with Crippen LogP contribution < -0.4 is 4.90 Å². The number of nitrogens with zero attached hydrogens (tertiary/aromatic N) is 1. The van der Waals surface area contributed by atoms with E-state index in [2.05, 4.69) is 18.4 Å². The second-order valence-corrected chi connectivity index (χ2v) is 6.39. The van der Waals surface area contributed by atoms with E-state index in [0.29, 0.717) is 5.57 Å². The van der Waals surface area contributed by atoms with Crippen LogP contribution in [-0.4, -0.2) is 5.91 Å². The normalized spacial score (nSPS) is 9.85. The highest BCUT2D eigenvalue weighted by atomic mass is 16.2. The molecule has 0 unspecified atom stereocenters. The van der Waals surface area contributed by atoms with E-state index in [9.17, 15) is 4.79 Å². The van der Waals surface area contributed by atoms with Crippen molar-refractivity contribution < 1.29 is 4.79 Å². The number of carbonyl (C=O) groups excluding carboxylic acids is 1. The topological polar surface area (TPSA) is 20.3 Å². The molecule has 3 aromatic rings. The number of hydrogen-bond acceptors (Lipinski definition) is 1. The van der Waals surface area contributed by atoms with Gasteiger partial charge in [0.2, 0.25) is 0 Å². The number of rotatable bonds is 3. The number of para-hydroxylation sites is 1. The maximum Gasteiger partial charge on any atom is 0.257 e. The molecule has 0 heterocycles. The van der Waals surface area contributed by atoms with Gasteiger partial charge in [-0.25, -0.2) is 0 Å². The van der Waals surface area contributed by atoms with Crippen molar-refractivity contribution in [2.45, 2.75) is 13.8 Å². The molecular weight excluding hydrogens is 330 g/mol. The minimum absolute atomic E-state index is 0.146. The SMILES string of the molecule is C=C(C)C(=O)N(c1ccc(C)cc1)c1ccccc1C#Cc1ccccc1. The lowest BCUT2D eigenvalue weighted by atomic mass is 10.1. The van der Waals surface area contributed by atoms with Gasteiger partial charge in [0, 0.05) is 22.4 Å². The summed E-state index contributed by atoms with van der Waals surface area (Å²) in [6, 6.07) is 25.4. The Labute approximate surface area is 160 Å². The summed E-state index contributed by atoms with van der Waals surface area (Å²) in [5, 5.41) is 0. The third-order valence-electron chi connectivity index (χ3n) is 4.12. The van der Waals surface area contributed by atoms with Gasteiger partial charge in [-0.3, -0.25) is 9.69 Å². The molecule has 0 aliphatic carbocycles. The fourth-order valence-corrected chi connectivity index (χ4v) is 2.69. The van der Waals surface area contributed by atoms with E-state index in [1.54, 1.807) is 11.8 Å². The molecule has 0 aliphatic heterocycles. The molecule has 0 fully saturated rings. The number of hydrogen-bond donors (Lipinski definition) is 0. The van der Waals surface area contributed by atoms with Crippen LogP contribution in [0.1, 0.15) is 23.6 Å². The Kier molecular flexibility index (Phi) is 5.54. The molecule has 0 bridgehead atoms. The van der Waals surface area contributed by atoms with Crippen LogP contribution >= 0.6 is 0 Å². The van der Waals surface area contributed by atoms with E-state index in [1.165, 1.54) is 0 Å².